The second-order valence-corrected chi connectivity index (χ2v) is 5.43. The molecule has 1 aromatic rings. The minimum atomic E-state index is -0.311. The first-order chi connectivity index (χ1) is 7.77. The minimum absolute atomic E-state index is 0. The van der Waals surface area contributed by atoms with Gasteiger partial charge in [-0.05, 0) is 31.0 Å². The van der Waals surface area contributed by atoms with E-state index in [0.29, 0.717) is 18.6 Å². The Kier molecular flexibility index (Phi) is 9.07. The van der Waals surface area contributed by atoms with E-state index in [1.54, 1.807) is 6.07 Å². The van der Waals surface area contributed by atoms with Crippen molar-refractivity contribution in [3.8, 4) is 5.75 Å². The molecule has 0 unspecified atom stereocenters. The van der Waals surface area contributed by atoms with Crippen LogP contribution in [0, 0.1) is 13.8 Å². The first-order valence-corrected chi connectivity index (χ1v) is 6.10. The van der Waals surface area contributed by atoms with Crippen molar-refractivity contribution >= 4 is 5.78 Å². The zero-order valence-electron chi connectivity index (χ0n) is 12.0. The van der Waals surface area contributed by atoms with Crippen molar-refractivity contribution in [2.24, 2.45) is 0 Å². The predicted octanol–water partition coefficient (Wildman–Crippen LogP) is 4.29. The van der Waals surface area contributed by atoms with Gasteiger partial charge in [0, 0.05) is 56.5 Å². The zero-order valence-corrected chi connectivity index (χ0v) is 14.8. The molecule has 0 saturated carbocycles. The Balaban J connectivity index is 0. The number of phenols is 1. The van der Waals surface area contributed by atoms with E-state index < -0.39 is 0 Å². The fraction of sp³-hybridized carbons (Fsp3) is 0.562. The summed E-state index contributed by atoms with van der Waals surface area (Å²) < 4.78 is 0. The van der Waals surface area contributed by atoms with Gasteiger partial charge < -0.3 is 5.11 Å². The Morgan fingerprint density at radius 3 is 2.21 bits per heavy atom. The maximum Gasteiger partial charge on any atom is 0.133 e. The van der Waals surface area contributed by atoms with Gasteiger partial charge in [-0.15, -0.1) is 0 Å². The van der Waals surface area contributed by atoms with Gasteiger partial charge in [0.25, 0.3) is 0 Å². The SMILES string of the molecule is C.CCC(=O)CC(C)(C)c1c(C)cc(C)cc1O.[Y]. The van der Waals surface area contributed by atoms with Gasteiger partial charge in [0.15, 0.2) is 0 Å². The maximum absolute atomic E-state index is 11.6. The van der Waals surface area contributed by atoms with Crippen LogP contribution in [0.1, 0.15) is 57.7 Å². The van der Waals surface area contributed by atoms with E-state index in [-0.39, 0.29) is 51.3 Å². The topological polar surface area (TPSA) is 37.3 Å². The van der Waals surface area contributed by atoms with Crippen LogP contribution < -0.4 is 0 Å². The molecule has 2 nitrogen and oxygen atoms in total. The third-order valence-corrected chi connectivity index (χ3v) is 3.17. The van der Waals surface area contributed by atoms with Crippen molar-refractivity contribution in [2.75, 3.05) is 0 Å². The number of aromatic hydroxyl groups is 1. The first-order valence-electron chi connectivity index (χ1n) is 6.10. The Labute approximate surface area is 142 Å². The summed E-state index contributed by atoms with van der Waals surface area (Å²) in [6, 6.07) is 3.81. The quantitative estimate of drug-likeness (QED) is 0.889. The van der Waals surface area contributed by atoms with Gasteiger partial charge in [-0.2, -0.15) is 0 Å². The molecule has 0 aliphatic carbocycles. The predicted molar refractivity (Wildman–Crippen MR) is 77.3 cm³/mol. The summed E-state index contributed by atoms with van der Waals surface area (Å²) in [6.07, 6.45) is 1.02. The normalized spacial score (nSPS) is 10.4. The Bertz CT molecular complexity index is 413. The molecule has 0 amide bonds. The molecule has 19 heavy (non-hydrogen) atoms. The van der Waals surface area contributed by atoms with Gasteiger partial charge in [0.2, 0.25) is 0 Å². The van der Waals surface area contributed by atoms with Gasteiger partial charge in [-0.3, -0.25) is 4.79 Å². The third kappa shape index (κ3) is 5.35. The molecule has 0 heterocycles. The van der Waals surface area contributed by atoms with E-state index in [2.05, 4.69) is 0 Å². The summed E-state index contributed by atoms with van der Waals surface area (Å²) in [5.41, 5.74) is 2.68. The van der Waals surface area contributed by atoms with Crippen molar-refractivity contribution in [3.05, 3.63) is 28.8 Å². The molecule has 0 bridgehead atoms. The van der Waals surface area contributed by atoms with Crippen LogP contribution in [0.15, 0.2) is 12.1 Å². The van der Waals surface area contributed by atoms with Crippen molar-refractivity contribution in [1.29, 1.82) is 0 Å². The number of rotatable bonds is 4. The van der Waals surface area contributed by atoms with E-state index in [1.807, 2.05) is 40.7 Å². The smallest absolute Gasteiger partial charge is 0.133 e. The monoisotopic (exact) mass is 339 g/mol. The number of carbonyl (C=O) groups is 1. The number of aryl methyl sites for hydroxylation is 2. The Morgan fingerprint density at radius 1 is 1.26 bits per heavy atom. The average molecular weight is 339 g/mol. The van der Waals surface area contributed by atoms with Gasteiger partial charge in [0.1, 0.15) is 11.5 Å². The number of hydrogen-bond donors (Lipinski definition) is 1. The summed E-state index contributed by atoms with van der Waals surface area (Å²) in [7, 11) is 0. The summed E-state index contributed by atoms with van der Waals surface area (Å²) in [5.74, 6) is 0.533. The van der Waals surface area contributed by atoms with Crippen molar-refractivity contribution < 1.29 is 42.6 Å². The molecular formula is C16H26O2Y. The molecule has 0 saturated heterocycles. The van der Waals surface area contributed by atoms with Crippen LogP contribution in [0.25, 0.3) is 0 Å². The maximum atomic E-state index is 11.6. The fourth-order valence-corrected chi connectivity index (χ4v) is 2.53. The van der Waals surface area contributed by atoms with Crippen molar-refractivity contribution in [2.45, 2.75) is 60.3 Å². The number of phenolic OH excluding ortho intramolecular Hbond substituents is 1. The molecule has 105 valence electrons. The van der Waals surface area contributed by atoms with Gasteiger partial charge >= 0.3 is 0 Å². The van der Waals surface area contributed by atoms with Crippen LogP contribution in [-0.4, -0.2) is 10.9 Å². The molecule has 1 N–H and O–H groups in total. The van der Waals surface area contributed by atoms with Crippen molar-refractivity contribution in [1.82, 2.24) is 0 Å². The third-order valence-electron chi connectivity index (χ3n) is 3.17. The summed E-state index contributed by atoms with van der Waals surface area (Å²) in [6.45, 7) is 9.84. The standard InChI is InChI=1S/C15H22O2.CH4.Y/c1-6-12(16)9-15(4,5)14-11(3)7-10(2)8-13(14)17;;/h7-8,17H,6,9H2,1-5H3;1H4;. The van der Waals surface area contributed by atoms with Crippen LogP contribution in [0.5, 0.6) is 5.75 Å². The summed E-state index contributed by atoms with van der Waals surface area (Å²) in [4.78, 5) is 11.6. The Hall–Kier alpha value is -0.206. The second-order valence-electron chi connectivity index (χ2n) is 5.43. The van der Waals surface area contributed by atoms with Crippen LogP contribution in [-0.2, 0) is 42.9 Å². The molecular weight excluding hydrogens is 313 g/mol. The minimum Gasteiger partial charge on any atom is -0.508 e. The second kappa shape index (κ2) is 8.16. The van der Waals surface area contributed by atoms with Gasteiger partial charge in [-0.25, -0.2) is 0 Å². The molecule has 0 aromatic heterocycles. The molecule has 1 radical (unpaired) electrons. The number of Topliss-reactive ketones (excluding diaryl/α,β-unsaturated/α-hetero) is 1. The van der Waals surface area contributed by atoms with E-state index in [0.717, 1.165) is 16.7 Å². The number of ketones is 1. The van der Waals surface area contributed by atoms with Crippen LogP contribution in [0.4, 0.5) is 0 Å². The summed E-state index contributed by atoms with van der Waals surface area (Å²) in [5, 5.41) is 10.1. The summed E-state index contributed by atoms with van der Waals surface area (Å²) >= 11 is 0. The molecule has 1 rings (SSSR count). The average Bonchev–Trinajstić information content (AvgIpc) is 2.14. The number of benzene rings is 1. The molecule has 0 aliphatic rings. The van der Waals surface area contributed by atoms with E-state index in [4.69, 9.17) is 0 Å². The molecule has 0 atom stereocenters. The van der Waals surface area contributed by atoms with Crippen molar-refractivity contribution in [3.63, 3.8) is 0 Å². The first kappa shape index (κ1) is 21.1. The molecule has 3 heteroatoms. The molecule has 1 aromatic carbocycles. The number of carbonyl (C=O) groups excluding carboxylic acids is 1. The largest absolute Gasteiger partial charge is 0.508 e. The fourth-order valence-electron chi connectivity index (χ4n) is 2.53. The van der Waals surface area contributed by atoms with Gasteiger partial charge in [0.05, 0.1) is 0 Å². The van der Waals surface area contributed by atoms with E-state index >= 15 is 0 Å². The number of hydrogen-bond acceptors (Lipinski definition) is 2. The Morgan fingerprint density at radius 2 is 1.79 bits per heavy atom. The van der Waals surface area contributed by atoms with E-state index in [1.165, 1.54) is 0 Å². The van der Waals surface area contributed by atoms with E-state index in [9.17, 15) is 9.90 Å². The van der Waals surface area contributed by atoms with Crippen LogP contribution in [0.2, 0.25) is 0 Å². The molecule has 0 fully saturated rings. The van der Waals surface area contributed by atoms with Gasteiger partial charge in [-0.1, -0.05) is 34.3 Å². The van der Waals surface area contributed by atoms with Crippen LogP contribution >= 0.6 is 0 Å². The zero-order chi connectivity index (χ0) is 13.2. The molecule has 0 aliphatic heterocycles. The van der Waals surface area contributed by atoms with Crippen LogP contribution in [0.3, 0.4) is 0 Å². The molecule has 0 spiro atoms.